The summed E-state index contributed by atoms with van der Waals surface area (Å²) in [6.07, 6.45) is 3.81. The van der Waals surface area contributed by atoms with E-state index in [1.165, 1.54) is 7.11 Å². The molecule has 0 fully saturated rings. The van der Waals surface area contributed by atoms with Crippen LogP contribution in [0.4, 0.5) is 0 Å². The van der Waals surface area contributed by atoms with Gasteiger partial charge >= 0.3 is 5.97 Å². The molecule has 2 aromatic rings. The van der Waals surface area contributed by atoms with E-state index >= 15 is 0 Å². The molecule has 1 aliphatic heterocycles. The van der Waals surface area contributed by atoms with Gasteiger partial charge in [-0.25, -0.2) is 4.98 Å². The third kappa shape index (κ3) is 2.38. The number of methoxy groups -OCH3 is 1. The molecule has 0 radical (unpaired) electrons. The molecular weight excluding hydrogens is 320 g/mol. The van der Waals surface area contributed by atoms with Gasteiger partial charge in [-0.2, -0.15) is 0 Å². The van der Waals surface area contributed by atoms with E-state index < -0.39 is 0 Å². The summed E-state index contributed by atoms with van der Waals surface area (Å²) in [6.45, 7) is 0.909. The number of aryl methyl sites for hydroxylation is 1. The molecular formula is C15H15BrN2O2. The number of hydrogen-bond donors (Lipinski definition) is 0. The molecule has 0 amide bonds. The molecule has 1 atom stereocenters. The van der Waals surface area contributed by atoms with Crippen molar-refractivity contribution >= 4 is 21.9 Å². The average Bonchev–Trinajstić information content (AvgIpc) is 2.91. The van der Waals surface area contributed by atoms with Crippen LogP contribution in [0.2, 0.25) is 0 Å². The fraction of sp³-hybridized carbons (Fsp3) is 0.333. The first-order valence-corrected chi connectivity index (χ1v) is 7.39. The van der Waals surface area contributed by atoms with Crippen LogP contribution in [0.5, 0.6) is 0 Å². The Balaban J connectivity index is 1.99. The van der Waals surface area contributed by atoms with Gasteiger partial charge in [0, 0.05) is 22.8 Å². The van der Waals surface area contributed by atoms with E-state index in [4.69, 9.17) is 4.74 Å². The highest BCUT2D eigenvalue weighted by Crippen LogP contribution is 2.31. The lowest BCUT2D eigenvalue weighted by Crippen LogP contribution is -2.23. The number of carbonyl (C=O) groups is 1. The topological polar surface area (TPSA) is 44.1 Å². The molecule has 4 nitrogen and oxygen atoms in total. The predicted octanol–water partition coefficient (Wildman–Crippen LogP) is 3.36. The van der Waals surface area contributed by atoms with Gasteiger partial charge in [0.05, 0.1) is 12.8 Å². The Labute approximate surface area is 125 Å². The van der Waals surface area contributed by atoms with Crippen LogP contribution < -0.4 is 0 Å². The second kappa shape index (κ2) is 5.40. The van der Waals surface area contributed by atoms with Crippen LogP contribution in [0, 0.1) is 0 Å². The zero-order valence-corrected chi connectivity index (χ0v) is 12.8. The lowest BCUT2D eigenvalue weighted by atomic mass is 9.99. The van der Waals surface area contributed by atoms with Crippen molar-refractivity contribution in [3.8, 4) is 11.3 Å². The van der Waals surface area contributed by atoms with Crippen molar-refractivity contribution in [2.45, 2.75) is 25.3 Å². The van der Waals surface area contributed by atoms with Gasteiger partial charge in [-0.15, -0.1) is 0 Å². The number of carbonyl (C=O) groups excluding carboxylic acids is 1. The molecule has 104 valence electrons. The third-order valence-electron chi connectivity index (χ3n) is 3.64. The number of esters is 1. The first-order chi connectivity index (χ1) is 9.69. The summed E-state index contributed by atoms with van der Waals surface area (Å²) in [5, 5.41) is 0. The van der Waals surface area contributed by atoms with E-state index in [1.54, 1.807) is 0 Å². The Morgan fingerprint density at radius 2 is 2.15 bits per heavy atom. The van der Waals surface area contributed by atoms with Crippen LogP contribution in [0.25, 0.3) is 11.3 Å². The number of nitrogens with zero attached hydrogens (tertiary/aromatic N) is 2. The lowest BCUT2D eigenvalue weighted by Gasteiger charge is -2.20. The van der Waals surface area contributed by atoms with E-state index in [2.05, 4.69) is 25.5 Å². The molecule has 0 bridgehead atoms. The normalized spacial score (nSPS) is 17.6. The summed E-state index contributed by atoms with van der Waals surface area (Å²) in [7, 11) is 1.43. The number of rotatable bonds is 2. The first kappa shape index (κ1) is 13.4. The number of halogens is 1. The fourth-order valence-electron chi connectivity index (χ4n) is 2.61. The van der Waals surface area contributed by atoms with Gasteiger partial charge < -0.3 is 9.30 Å². The number of aromatic nitrogens is 2. The molecule has 0 aliphatic carbocycles. The van der Waals surface area contributed by atoms with Crippen molar-refractivity contribution in [3.05, 3.63) is 40.8 Å². The minimum Gasteiger partial charge on any atom is -0.468 e. The highest BCUT2D eigenvalue weighted by Gasteiger charge is 2.29. The van der Waals surface area contributed by atoms with Gasteiger partial charge in [-0.05, 0) is 25.0 Å². The summed E-state index contributed by atoms with van der Waals surface area (Å²) in [4.78, 5) is 16.5. The number of fused-ring (bicyclic) bond motifs is 1. The Morgan fingerprint density at radius 1 is 1.40 bits per heavy atom. The van der Waals surface area contributed by atoms with E-state index in [1.807, 2.05) is 30.5 Å². The number of hydrogen-bond acceptors (Lipinski definition) is 3. The van der Waals surface area contributed by atoms with E-state index in [-0.39, 0.29) is 11.9 Å². The van der Waals surface area contributed by atoms with Gasteiger partial charge in [0.1, 0.15) is 11.7 Å². The Bertz CT molecular complexity index is 634. The quantitative estimate of drug-likeness (QED) is 0.791. The zero-order chi connectivity index (χ0) is 14.1. The molecule has 1 aromatic heterocycles. The highest BCUT2D eigenvalue weighted by atomic mass is 79.9. The SMILES string of the molecule is COC(=O)C1CCCn2cc(-c3ccc(Br)cc3)nc21. The average molecular weight is 335 g/mol. The second-order valence-electron chi connectivity index (χ2n) is 4.90. The van der Waals surface area contributed by atoms with Crippen molar-refractivity contribution in [2.24, 2.45) is 0 Å². The van der Waals surface area contributed by atoms with Gasteiger partial charge in [0.15, 0.2) is 0 Å². The van der Waals surface area contributed by atoms with E-state index in [0.29, 0.717) is 0 Å². The largest absolute Gasteiger partial charge is 0.468 e. The Hall–Kier alpha value is -1.62. The van der Waals surface area contributed by atoms with Crippen LogP contribution in [0.1, 0.15) is 24.6 Å². The molecule has 20 heavy (non-hydrogen) atoms. The van der Waals surface area contributed by atoms with Crippen LogP contribution >= 0.6 is 15.9 Å². The fourth-order valence-corrected chi connectivity index (χ4v) is 2.87. The minimum absolute atomic E-state index is 0.195. The molecule has 1 aliphatic rings. The molecule has 0 N–H and O–H groups in total. The van der Waals surface area contributed by atoms with E-state index in [0.717, 1.165) is 40.9 Å². The first-order valence-electron chi connectivity index (χ1n) is 6.60. The molecule has 1 unspecified atom stereocenters. The van der Waals surface area contributed by atoms with Crippen LogP contribution in [-0.2, 0) is 16.1 Å². The summed E-state index contributed by atoms with van der Waals surface area (Å²) in [5.74, 6) is 0.387. The molecule has 0 spiro atoms. The summed E-state index contributed by atoms with van der Waals surface area (Å²) in [5.41, 5.74) is 1.96. The van der Waals surface area contributed by atoms with Crippen LogP contribution in [0.3, 0.4) is 0 Å². The van der Waals surface area contributed by atoms with Gasteiger partial charge in [-0.1, -0.05) is 28.1 Å². The molecule has 0 saturated heterocycles. The number of imidazole rings is 1. The molecule has 5 heteroatoms. The smallest absolute Gasteiger partial charge is 0.316 e. The van der Waals surface area contributed by atoms with Gasteiger partial charge in [0.25, 0.3) is 0 Å². The highest BCUT2D eigenvalue weighted by molar-refractivity contribution is 9.10. The minimum atomic E-state index is -0.238. The third-order valence-corrected chi connectivity index (χ3v) is 4.17. The monoisotopic (exact) mass is 334 g/mol. The van der Waals surface area contributed by atoms with Crippen molar-refractivity contribution in [2.75, 3.05) is 7.11 Å². The van der Waals surface area contributed by atoms with Crippen molar-refractivity contribution < 1.29 is 9.53 Å². The molecule has 1 aromatic carbocycles. The predicted molar refractivity (Wildman–Crippen MR) is 79.4 cm³/mol. The van der Waals surface area contributed by atoms with Crippen molar-refractivity contribution in [1.29, 1.82) is 0 Å². The van der Waals surface area contributed by atoms with Gasteiger partial charge in [-0.3, -0.25) is 4.79 Å². The van der Waals surface area contributed by atoms with Crippen LogP contribution in [0.15, 0.2) is 34.9 Å². The summed E-state index contributed by atoms with van der Waals surface area (Å²) < 4.78 is 7.99. The number of ether oxygens (including phenoxy) is 1. The van der Waals surface area contributed by atoms with Gasteiger partial charge in [0.2, 0.25) is 0 Å². The van der Waals surface area contributed by atoms with E-state index in [9.17, 15) is 4.79 Å². The molecule has 3 rings (SSSR count). The molecule has 2 heterocycles. The number of benzene rings is 1. The lowest BCUT2D eigenvalue weighted by molar-refractivity contribution is -0.143. The maximum absolute atomic E-state index is 11.8. The zero-order valence-electron chi connectivity index (χ0n) is 11.2. The molecule has 0 saturated carbocycles. The van der Waals surface area contributed by atoms with Crippen molar-refractivity contribution in [3.63, 3.8) is 0 Å². The maximum atomic E-state index is 11.8. The van der Waals surface area contributed by atoms with Crippen LogP contribution in [-0.4, -0.2) is 22.6 Å². The maximum Gasteiger partial charge on any atom is 0.316 e. The standard InChI is InChI=1S/C15H15BrN2O2/c1-20-15(19)12-3-2-8-18-9-13(17-14(12)18)10-4-6-11(16)7-5-10/h4-7,9,12H,2-3,8H2,1H3. The van der Waals surface area contributed by atoms with Crippen molar-refractivity contribution in [1.82, 2.24) is 9.55 Å². The summed E-state index contributed by atoms with van der Waals surface area (Å²) >= 11 is 3.43. The second-order valence-corrected chi connectivity index (χ2v) is 5.82. The Morgan fingerprint density at radius 3 is 2.85 bits per heavy atom. The summed E-state index contributed by atoms with van der Waals surface area (Å²) in [6, 6.07) is 8.02. The Kier molecular flexibility index (Phi) is 3.61.